The molecule has 2 aromatic rings. The van der Waals surface area contributed by atoms with E-state index in [1.807, 2.05) is 29.6 Å². The molecule has 16 heavy (non-hydrogen) atoms. The quantitative estimate of drug-likeness (QED) is 0.866. The summed E-state index contributed by atoms with van der Waals surface area (Å²) >= 11 is 3.83. The first-order chi connectivity index (χ1) is 7.78. The molecule has 2 N–H and O–H groups in total. The van der Waals surface area contributed by atoms with Crippen LogP contribution in [-0.4, -0.2) is 4.98 Å². The fourth-order valence-corrected chi connectivity index (χ4v) is 2.40. The minimum atomic E-state index is 0.494. The second-order valence-corrected chi connectivity index (χ2v) is 5.37. The Balaban J connectivity index is 1.96. The van der Waals surface area contributed by atoms with Crippen LogP contribution in [0.4, 0.5) is 0 Å². The minimum Gasteiger partial charge on any atom is -0.487 e. The number of hydrogen-bond acceptors (Lipinski definition) is 4. The van der Waals surface area contributed by atoms with Gasteiger partial charge in [0.2, 0.25) is 0 Å². The molecule has 0 bridgehead atoms. The number of nitrogens with zero attached hydrogens (tertiary/aromatic N) is 1. The van der Waals surface area contributed by atoms with E-state index in [0.29, 0.717) is 13.2 Å². The second kappa shape index (κ2) is 5.60. The molecule has 1 heterocycles. The van der Waals surface area contributed by atoms with Crippen LogP contribution in [-0.2, 0) is 13.2 Å². The van der Waals surface area contributed by atoms with Gasteiger partial charge in [0.15, 0.2) is 0 Å². The highest BCUT2D eigenvalue weighted by atomic mass is 127. The van der Waals surface area contributed by atoms with Crippen LogP contribution in [0.2, 0.25) is 0 Å². The number of thiazole rings is 1. The zero-order valence-electron chi connectivity index (χ0n) is 8.52. The highest BCUT2D eigenvalue weighted by Gasteiger charge is 2.01. The van der Waals surface area contributed by atoms with Crippen molar-refractivity contribution < 1.29 is 4.74 Å². The molecular formula is C11H11IN2OS. The van der Waals surface area contributed by atoms with Gasteiger partial charge >= 0.3 is 0 Å². The molecule has 1 aromatic carbocycles. The Morgan fingerprint density at radius 2 is 2.31 bits per heavy atom. The molecule has 84 valence electrons. The molecule has 0 aliphatic carbocycles. The molecule has 0 atom stereocenters. The lowest BCUT2D eigenvalue weighted by atomic mass is 10.3. The number of hydrogen-bond donors (Lipinski definition) is 1. The number of halogens is 1. The van der Waals surface area contributed by atoms with Crippen molar-refractivity contribution in [1.82, 2.24) is 4.98 Å². The lowest BCUT2D eigenvalue weighted by molar-refractivity contribution is 0.301. The van der Waals surface area contributed by atoms with Crippen molar-refractivity contribution >= 4 is 33.9 Å². The predicted octanol–water partition coefficient (Wildman–Crippen LogP) is 2.79. The Bertz CT molecular complexity index is 473. The molecular weight excluding hydrogens is 335 g/mol. The largest absolute Gasteiger partial charge is 0.487 e. The molecule has 0 saturated carbocycles. The fraction of sp³-hybridized carbons (Fsp3) is 0.182. The van der Waals surface area contributed by atoms with Crippen molar-refractivity contribution in [3.63, 3.8) is 0 Å². The van der Waals surface area contributed by atoms with Crippen LogP contribution >= 0.6 is 33.9 Å². The van der Waals surface area contributed by atoms with Gasteiger partial charge in [0.25, 0.3) is 0 Å². The summed E-state index contributed by atoms with van der Waals surface area (Å²) in [4.78, 5) is 4.33. The summed E-state index contributed by atoms with van der Waals surface area (Å²) in [5, 5.41) is 2.93. The maximum Gasteiger partial charge on any atom is 0.131 e. The van der Waals surface area contributed by atoms with Crippen molar-refractivity contribution in [3.05, 3.63) is 43.9 Å². The topological polar surface area (TPSA) is 48.1 Å². The van der Waals surface area contributed by atoms with Gasteiger partial charge < -0.3 is 10.5 Å². The third kappa shape index (κ3) is 3.16. The lowest BCUT2D eigenvalue weighted by Crippen LogP contribution is -1.98. The molecule has 0 amide bonds. The van der Waals surface area contributed by atoms with Gasteiger partial charge in [-0.25, -0.2) is 4.98 Å². The molecule has 0 spiro atoms. The van der Waals surface area contributed by atoms with Crippen LogP contribution in [0.15, 0.2) is 29.6 Å². The van der Waals surface area contributed by atoms with E-state index in [-0.39, 0.29) is 0 Å². The molecule has 3 nitrogen and oxygen atoms in total. The molecule has 5 heteroatoms. The first-order valence-electron chi connectivity index (χ1n) is 4.79. The number of rotatable bonds is 4. The Morgan fingerprint density at radius 1 is 1.44 bits per heavy atom. The highest BCUT2D eigenvalue weighted by molar-refractivity contribution is 14.1. The smallest absolute Gasteiger partial charge is 0.131 e. The van der Waals surface area contributed by atoms with Gasteiger partial charge in [0.1, 0.15) is 17.4 Å². The lowest BCUT2D eigenvalue weighted by Gasteiger charge is -2.03. The van der Waals surface area contributed by atoms with Gasteiger partial charge in [0, 0.05) is 15.5 Å². The van der Waals surface area contributed by atoms with E-state index >= 15 is 0 Å². The highest BCUT2D eigenvalue weighted by Crippen LogP contribution is 2.17. The monoisotopic (exact) mass is 346 g/mol. The van der Waals surface area contributed by atoms with Crippen LogP contribution < -0.4 is 10.5 Å². The second-order valence-electron chi connectivity index (χ2n) is 3.18. The van der Waals surface area contributed by atoms with Crippen molar-refractivity contribution in [3.8, 4) is 5.75 Å². The number of nitrogens with two attached hydrogens (primary N) is 1. The number of aromatic nitrogens is 1. The van der Waals surface area contributed by atoms with E-state index in [4.69, 9.17) is 10.5 Å². The van der Waals surface area contributed by atoms with E-state index in [0.717, 1.165) is 20.0 Å². The third-order valence-electron chi connectivity index (χ3n) is 1.96. The third-order valence-corrected chi connectivity index (χ3v) is 3.55. The summed E-state index contributed by atoms with van der Waals surface area (Å²) in [5.74, 6) is 0.870. The Labute approximate surface area is 112 Å². The van der Waals surface area contributed by atoms with Crippen molar-refractivity contribution in [2.45, 2.75) is 13.2 Å². The summed E-state index contributed by atoms with van der Waals surface area (Å²) < 4.78 is 6.79. The van der Waals surface area contributed by atoms with Crippen molar-refractivity contribution in [1.29, 1.82) is 0 Å². The molecule has 0 aliphatic heterocycles. The standard InChI is InChI=1S/C11H11IN2OS/c12-8-2-1-3-10(4-8)15-6-9-7-16-11(5-13)14-9/h1-4,7H,5-6,13H2. The van der Waals surface area contributed by atoms with Crippen LogP contribution in [0.25, 0.3) is 0 Å². The zero-order valence-corrected chi connectivity index (χ0v) is 11.5. The van der Waals surface area contributed by atoms with Crippen LogP contribution in [0.1, 0.15) is 10.7 Å². The SMILES string of the molecule is NCc1nc(COc2cccc(I)c2)cs1. The fourth-order valence-electron chi connectivity index (χ4n) is 1.22. The molecule has 0 unspecified atom stereocenters. The Kier molecular flexibility index (Phi) is 4.14. The molecule has 1 aromatic heterocycles. The van der Waals surface area contributed by atoms with Gasteiger partial charge in [0.05, 0.1) is 5.69 Å². The van der Waals surface area contributed by atoms with Gasteiger partial charge in [-0.3, -0.25) is 0 Å². The average molecular weight is 346 g/mol. The molecule has 0 fully saturated rings. The van der Waals surface area contributed by atoms with Crippen LogP contribution in [0, 0.1) is 3.57 Å². The molecule has 0 radical (unpaired) electrons. The van der Waals surface area contributed by atoms with E-state index in [1.54, 1.807) is 11.3 Å². The Hall–Kier alpha value is -0.660. The zero-order chi connectivity index (χ0) is 11.4. The average Bonchev–Trinajstić information content (AvgIpc) is 2.74. The summed E-state index contributed by atoms with van der Waals surface area (Å²) in [6, 6.07) is 7.95. The summed E-state index contributed by atoms with van der Waals surface area (Å²) in [6.07, 6.45) is 0. The number of ether oxygens (including phenoxy) is 1. The first kappa shape index (κ1) is 11.8. The summed E-state index contributed by atoms with van der Waals surface area (Å²) in [5.41, 5.74) is 6.43. The van der Waals surface area contributed by atoms with Gasteiger partial charge in [-0.2, -0.15) is 0 Å². The molecule has 2 rings (SSSR count). The number of benzene rings is 1. The minimum absolute atomic E-state index is 0.494. The van der Waals surface area contributed by atoms with Crippen LogP contribution in [0.3, 0.4) is 0 Å². The predicted molar refractivity (Wildman–Crippen MR) is 73.5 cm³/mol. The van der Waals surface area contributed by atoms with Crippen LogP contribution in [0.5, 0.6) is 5.75 Å². The maximum atomic E-state index is 5.63. The summed E-state index contributed by atoms with van der Waals surface area (Å²) in [7, 11) is 0. The van der Waals surface area contributed by atoms with Crippen molar-refractivity contribution in [2.75, 3.05) is 0 Å². The van der Waals surface area contributed by atoms with E-state index in [2.05, 4.69) is 27.6 Å². The molecule has 0 saturated heterocycles. The summed E-state index contributed by atoms with van der Waals surface area (Å²) in [6.45, 7) is 0.991. The molecule has 0 aliphatic rings. The van der Waals surface area contributed by atoms with E-state index in [9.17, 15) is 0 Å². The first-order valence-corrected chi connectivity index (χ1v) is 6.75. The van der Waals surface area contributed by atoms with Crippen molar-refractivity contribution in [2.24, 2.45) is 5.73 Å². The maximum absolute atomic E-state index is 5.63. The van der Waals surface area contributed by atoms with E-state index < -0.39 is 0 Å². The normalized spacial score (nSPS) is 10.4. The van der Waals surface area contributed by atoms with Gasteiger partial charge in [-0.1, -0.05) is 6.07 Å². The van der Waals surface area contributed by atoms with E-state index in [1.165, 1.54) is 0 Å². The van der Waals surface area contributed by atoms with Gasteiger partial charge in [-0.15, -0.1) is 11.3 Å². The Morgan fingerprint density at radius 3 is 3.00 bits per heavy atom. The van der Waals surface area contributed by atoms with Gasteiger partial charge in [-0.05, 0) is 40.8 Å².